The van der Waals surface area contributed by atoms with Gasteiger partial charge >= 0.3 is 5.97 Å². The lowest BCUT2D eigenvalue weighted by molar-refractivity contribution is 0.0600. The molecule has 0 bridgehead atoms. The minimum atomic E-state index is -0.431. The van der Waals surface area contributed by atoms with Crippen LogP contribution in [0.5, 0.6) is 11.5 Å². The van der Waals surface area contributed by atoms with Crippen molar-refractivity contribution in [2.24, 2.45) is 0 Å². The number of benzene rings is 2. The summed E-state index contributed by atoms with van der Waals surface area (Å²) in [6.07, 6.45) is 0. The topological polar surface area (TPSA) is 44.8 Å². The van der Waals surface area contributed by atoms with E-state index in [2.05, 4.69) is 4.74 Å². The van der Waals surface area contributed by atoms with E-state index >= 15 is 0 Å². The summed E-state index contributed by atoms with van der Waals surface area (Å²) in [5.74, 6) is -0.0570. The highest BCUT2D eigenvalue weighted by Gasteiger charge is 2.06. The summed E-state index contributed by atoms with van der Waals surface area (Å²) in [4.78, 5) is 11.3. The number of hydrogen-bond donors (Lipinski definition) is 0. The molecule has 0 aromatic heterocycles. The van der Waals surface area contributed by atoms with E-state index in [1.165, 1.54) is 20.3 Å². The molecular formula is C16H15FO4. The Balaban J connectivity index is 1.99. The Morgan fingerprint density at radius 2 is 1.81 bits per heavy atom. The summed E-state index contributed by atoms with van der Waals surface area (Å²) < 4.78 is 28.5. The number of halogens is 1. The van der Waals surface area contributed by atoms with E-state index in [1.54, 1.807) is 36.4 Å². The van der Waals surface area contributed by atoms with Gasteiger partial charge in [-0.1, -0.05) is 6.07 Å². The largest absolute Gasteiger partial charge is 0.494 e. The Kier molecular flexibility index (Phi) is 4.77. The van der Waals surface area contributed by atoms with E-state index in [0.29, 0.717) is 16.9 Å². The van der Waals surface area contributed by atoms with Crippen LogP contribution in [0.25, 0.3) is 0 Å². The van der Waals surface area contributed by atoms with E-state index in [-0.39, 0.29) is 12.4 Å². The quantitative estimate of drug-likeness (QED) is 0.793. The molecule has 0 aliphatic heterocycles. The molecular weight excluding hydrogens is 275 g/mol. The summed E-state index contributed by atoms with van der Waals surface area (Å²) in [5.41, 5.74) is 1.13. The Morgan fingerprint density at radius 1 is 1.10 bits per heavy atom. The van der Waals surface area contributed by atoms with Crippen molar-refractivity contribution in [2.45, 2.75) is 6.61 Å². The van der Waals surface area contributed by atoms with Gasteiger partial charge in [-0.2, -0.15) is 0 Å². The molecule has 2 rings (SSSR count). The van der Waals surface area contributed by atoms with Gasteiger partial charge in [0, 0.05) is 0 Å². The number of ether oxygens (including phenoxy) is 3. The number of methoxy groups -OCH3 is 2. The van der Waals surface area contributed by atoms with E-state index in [9.17, 15) is 9.18 Å². The maximum absolute atomic E-state index is 13.5. The predicted octanol–water partition coefficient (Wildman–Crippen LogP) is 3.20. The average molecular weight is 290 g/mol. The van der Waals surface area contributed by atoms with Crippen LogP contribution in [-0.4, -0.2) is 20.2 Å². The minimum absolute atomic E-state index is 0.196. The van der Waals surface area contributed by atoms with Crippen molar-refractivity contribution < 1.29 is 23.4 Å². The maximum Gasteiger partial charge on any atom is 0.337 e. The highest BCUT2D eigenvalue weighted by Crippen LogP contribution is 2.19. The number of carbonyl (C=O) groups is 1. The Hall–Kier alpha value is -2.56. The third kappa shape index (κ3) is 3.72. The molecule has 0 heterocycles. The second-order valence-corrected chi connectivity index (χ2v) is 4.27. The average Bonchev–Trinajstić information content (AvgIpc) is 2.52. The maximum atomic E-state index is 13.5. The molecule has 0 atom stereocenters. The minimum Gasteiger partial charge on any atom is -0.494 e. The zero-order chi connectivity index (χ0) is 15.2. The summed E-state index contributed by atoms with van der Waals surface area (Å²) in [5, 5.41) is 0. The monoisotopic (exact) mass is 290 g/mol. The van der Waals surface area contributed by atoms with Crippen molar-refractivity contribution in [3.63, 3.8) is 0 Å². The van der Waals surface area contributed by atoms with Crippen LogP contribution in [0, 0.1) is 5.82 Å². The standard InChI is InChI=1S/C16H15FO4/c1-19-15-8-3-11(9-14(15)17)10-21-13-6-4-12(5-7-13)16(18)20-2/h3-9H,10H2,1-2H3. The van der Waals surface area contributed by atoms with Gasteiger partial charge in [0.15, 0.2) is 11.6 Å². The number of hydrogen-bond acceptors (Lipinski definition) is 4. The third-order valence-electron chi connectivity index (χ3n) is 2.90. The molecule has 110 valence electrons. The smallest absolute Gasteiger partial charge is 0.337 e. The van der Waals surface area contributed by atoms with Gasteiger partial charge in [-0.05, 0) is 42.0 Å². The van der Waals surface area contributed by atoms with E-state index in [1.807, 2.05) is 0 Å². The van der Waals surface area contributed by atoms with Gasteiger partial charge < -0.3 is 14.2 Å². The molecule has 0 spiro atoms. The highest BCUT2D eigenvalue weighted by molar-refractivity contribution is 5.89. The summed E-state index contributed by atoms with van der Waals surface area (Å²) in [6.45, 7) is 0.221. The van der Waals surface area contributed by atoms with Crippen molar-refractivity contribution in [1.82, 2.24) is 0 Å². The summed E-state index contributed by atoms with van der Waals surface area (Å²) in [7, 11) is 2.74. The van der Waals surface area contributed by atoms with Crippen LogP contribution in [0.4, 0.5) is 4.39 Å². The lowest BCUT2D eigenvalue weighted by Crippen LogP contribution is -2.01. The first kappa shape index (κ1) is 14.8. The van der Waals surface area contributed by atoms with Crippen LogP contribution in [0.3, 0.4) is 0 Å². The van der Waals surface area contributed by atoms with Gasteiger partial charge in [-0.3, -0.25) is 0 Å². The molecule has 21 heavy (non-hydrogen) atoms. The molecule has 0 radical (unpaired) electrons. The fraction of sp³-hybridized carbons (Fsp3) is 0.188. The first-order chi connectivity index (χ1) is 10.1. The summed E-state index contributed by atoms with van der Waals surface area (Å²) >= 11 is 0. The number of carbonyl (C=O) groups excluding carboxylic acids is 1. The Morgan fingerprint density at radius 3 is 2.38 bits per heavy atom. The predicted molar refractivity (Wildman–Crippen MR) is 75.1 cm³/mol. The van der Waals surface area contributed by atoms with Gasteiger partial charge in [0.05, 0.1) is 19.8 Å². The zero-order valence-corrected chi connectivity index (χ0v) is 11.8. The van der Waals surface area contributed by atoms with E-state index in [4.69, 9.17) is 9.47 Å². The molecule has 5 heteroatoms. The van der Waals surface area contributed by atoms with Crippen molar-refractivity contribution >= 4 is 5.97 Å². The van der Waals surface area contributed by atoms with Crippen LogP contribution in [0.15, 0.2) is 42.5 Å². The van der Waals surface area contributed by atoms with Crippen molar-refractivity contribution in [2.75, 3.05) is 14.2 Å². The molecule has 0 fully saturated rings. The van der Waals surface area contributed by atoms with Gasteiger partial charge in [0.1, 0.15) is 12.4 Å². The van der Waals surface area contributed by atoms with Gasteiger partial charge in [-0.15, -0.1) is 0 Å². The number of rotatable bonds is 5. The van der Waals surface area contributed by atoms with Gasteiger partial charge in [0.25, 0.3) is 0 Å². The van der Waals surface area contributed by atoms with Crippen molar-refractivity contribution in [3.05, 3.63) is 59.4 Å². The molecule has 0 aliphatic carbocycles. The molecule has 0 aliphatic rings. The second-order valence-electron chi connectivity index (χ2n) is 4.27. The molecule has 0 unspecified atom stereocenters. The SMILES string of the molecule is COC(=O)c1ccc(OCc2ccc(OC)c(F)c2)cc1. The molecule has 2 aromatic rings. The van der Waals surface area contributed by atoms with Crippen LogP contribution >= 0.6 is 0 Å². The second kappa shape index (κ2) is 6.74. The molecule has 0 saturated carbocycles. The van der Waals surface area contributed by atoms with Gasteiger partial charge in [0.2, 0.25) is 0 Å². The van der Waals surface area contributed by atoms with E-state index < -0.39 is 11.8 Å². The Labute approximate surface area is 122 Å². The van der Waals surface area contributed by atoms with Gasteiger partial charge in [-0.25, -0.2) is 9.18 Å². The van der Waals surface area contributed by atoms with Crippen LogP contribution < -0.4 is 9.47 Å². The normalized spacial score (nSPS) is 10.0. The summed E-state index contributed by atoms with van der Waals surface area (Å²) in [6, 6.07) is 11.2. The van der Waals surface area contributed by atoms with Crippen molar-refractivity contribution in [1.29, 1.82) is 0 Å². The van der Waals surface area contributed by atoms with Crippen LogP contribution in [0.1, 0.15) is 15.9 Å². The molecule has 2 aromatic carbocycles. The first-order valence-corrected chi connectivity index (χ1v) is 6.27. The zero-order valence-electron chi connectivity index (χ0n) is 11.8. The molecule has 0 saturated heterocycles. The third-order valence-corrected chi connectivity index (χ3v) is 2.90. The Bertz CT molecular complexity index is 623. The van der Waals surface area contributed by atoms with E-state index in [0.717, 1.165) is 0 Å². The van der Waals surface area contributed by atoms with Crippen LogP contribution in [0.2, 0.25) is 0 Å². The molecule has 0 amide bonds. The van der Waals surface area contributed by atoms with Crippen LogP contribution in [-0.2, 0) is 11.3 Å². The number of esters is 1. The fourth-order valence-electron chi connectivity index (χ4n) is 1.77. The highest BCUT2D eigenvalue weighted by atomic mass is 19.1. The fourth-order valence-corrected chi connectivity index (χ4v) is 1.77. The van der Waals surface area contributed by atoms with Crippen molar-refractivity contribution in [3.8, 4) is 11.5 Å². The lowest BCUT2D eigenvalue weighted by Gasteiger charge is -2.08. The lowest BCUT2D eigenvalue weighted by atomic mass is 10.2. The molecule has 4 nitrogen and oxygen atoms in total. The first-order valence-electron chi connectivity index (χ1n) is 6.27. The molecule has 0 N–H and O–H groups in total.